The molecule has 0 aliphatic carbocycles. The number of carbonyl (C=O) groups is 1. The normalized spacial score (nSPS) is 19.5. The first kappa shape index (κ1) is 13.4. The smallest absolute Gasteiger partial charge is 0.242 e. The first-order chi connectivity index (χ1) is 8.79. The van der Waals surface area contributed by atoms with Crippen molar-refractivity contribution in [2.45, 2.75) is 25.8 Å². The van der Waals surface area contributed by atoms with Gasteiger partial charge in [0.05, 0.1) is 6.04 Å². The molecule has 18 heavy (non-hydrogen) atoms. The number of hydrogen-bond donors (Lipinski definition) is 2. The van der Waals surface area contributed by atoms with Crippen LogP contribution in [-0.4, -0.2) is 30.0 Å². The van der Waals surface area contributed by atoms with E-state index in [9.17, 15) is 4.79 Å². The summed E-state index contributed by atoms with van der Waals surface area (Å²) in [6, 6.07) is 8.08. The Kier molecular flexibility index (Phi) is 5.08. The largest absolute Gasteiger partial charge is 0.325 e. The highest BCUT2D eigenvalue weighted by atomic mass is 32.2. The molecule has 1 unspecified atom stereocenters. The van der Waals surface area contributed by atoms with Crippen LogP contribution in [-0.2, 0) is 11.2 Å². The second kappa shape index (κ2) is 6.81. The van der Waals surface area contributed by atoms with Crippen molar-refractivity contribution in [2.24, 2.45) is 0 Å². The fraction of sp³-hybridized carbons (Fsp3) is 0.500. The van der Waals surface area contributed by atoms with E-state index in [0.29, 0.717) is 0 Å². The fourth-order valence-electron chi connectivity index (χ4n) is 2.01. The second-order valence-electron chi connectivity index (χ2n) is 4.52. The van der Waals surface area contributed by atoms with E-state index in [2.05, 4.69) is 29.7 Å². The van der Waals surface area contributed by atoms with Crippen molar-refractivity contribution in [1.29, 1.82) is 0 Å². The van der Waals surface area contributed by atoms with Gasteiger partial charge in [-0.05, 0) is 24.1 Å². The monoisotopic (exact) mass is 264 g/mol. The molecule has 1 heterocycles. The van der Waals surface area contributed by atoms with Crippen LogP contribution in [0.3, 0.4) is 0 Å². The molecule has 0 radical (unpaired) electrons. The molecule has 0 aromatic heterocycles. The number of benzene rings is 1. The average Bonchev–Trinajstić information content (AvgIpc) is 2.42. The highest BCUT2D eigenvalue weighted by Gasteiger charge is 2.20. The predicted octanol–water partition coefficient (Wildman–Crippen LogP) is 2.28. The van der Waals surface area contributed by atoms with Gasteiger partial charge in [-0.3, -0.25) is 4.79 Å². The van der Waals surface area contributed by atoms with E-state index in [1.54, 1.807) is 0 Å². The van der Waals surface area contributed by atoms with Gasteiger partial charge in [0.15, 0.2) is 0 Å². The zero-order chi connectivity index (χ0) is 12.8. The van der Waals surface area contributed by atoms with Crippen LogP contribution in [0.15, 0.2) is 24.3 Å². The standard InChI is InChI=1S/C14H20N2OS/c1-2-3-11-4-6-12(7-5-11)16-14(17)13-10-18-9-8-15-13/h4-7,13,15H,2-3,8-10H2,1H3,(H,16,17). The lowest BCUT2D eigenvalue weighted by Gasteiger charge is -2.22. The number of carbonyl (C=O) groups excluding carboxylic acids is 1. The summed E-state index contributed by atoms with van der Waals surface area (Å²) in [6.45, 7) is 3.08. The Morgan fingerprint density at radius 1 is 1.44 bits per heavy atom. The Labute approximate surface area is 113 Å². The van der Waals surface area contributed by atoms with Crippen molar-refractivity contribution in [3.05, 3.63) is 29.8 Å². The summed E-state index contributed by atoms with van der Waals surface area (Å²) in [7, 11) is 0. The summed E-state index contributed by atoms with van der Waals surface area (Å²) in [6.07, 6.45) is 2.24. The van der Waals surface area contributed by atoms with E-state index >= 15 is 0 Å². The zero-order valence-corrected chi connectivity index (χ0v) is 11.6. The third-order valence-electron chi connectivity index (χ3n) is 3.00. The summed E-state index contributed by atoms with van der Waals surface area (Å²) in [5.41, 5.74) is 2.21. The van der Waals surface area contributed by atoms with Crippen molar-refractivity contribution in [2.75, 3.05) is 23.4 Å². The molecule has 3 nitrogen and oxygen atoms in total. The van der Waals surface area contributed by atoms with Crippen LogP contribution in [0.1, 0.15) is 18.9 Å². The Balaban J connectivity index is 1.89. The van der Waals surface area contributed by atoms with Crippen LogP contribution in [0.25, 0.3) is 0 Å². The van der Waals surface area contributed by atoms with Gasteiger partial charge in [0, 0.05) is 23.7 Å². The molecule has 98 valence electrons. The molecule has 1 saturated heterocycles. The first-order valence-electron chi connectivity index (χ1n) is 6.50. The zero-order valence-electron chi connectivity index (χ0n) is 10.7. The van der Waals surface area contributed by atoms with Crippen molar-refractivity contribution < 1.29 is 4.79 Å². The molecule has 2 N–H and O–H groups in total. The van der Waals surface area contributed by atoms with Crippen molar-refractivity contribution in [3.8, 4) is 0 Å². The predicted molar refractivity (Wildman–Crippen MR) is 78.2 cm³/mol. The molecule has 1 aliphatic heterocycles. The summed E-state index contributed by atoms with van der Waals surface area (Å²) >= 11 is 1.83. The van der Waals surface area contributed by atoms with Gasteiger partial charge in [0.25, 0.3) is 0 Å². The SMILES string of the molecule is CCCc1ccc(NC(=O)C2CSCCN2)cc1. The van der Waals surface area contributed by atoms with Crippen LogP contribution < -0.4 is 10.6 Å². The van der Waals surface area contributed by atoms with Crippen LogP contribution in [0.5, 0.6) is 0 Å². The number of nitrogens with one attached hydrogen (secondary N) is 2. The lowest BCUT2D eigenvalue weighted by atomic mass is 10.1. The van der Waals surface area contributed by atoms with E-state index in [-0.39, 0.29) is 11.9 Å². The molecule has 1 atom stereocenters. The van der Waals surface area contributed by atoms with Crippen molar-refractivity contribution in [3.63, 3.8) is 0 Å². The minimum Gasteiger partial charge on any atom is -0.325 e. The molecule has 4 heteroatoms. The van der Waals surface area contributed by atoms with Gasteiger partial charge in [-0.25, -0.2) is 0 Å². The molecule has 1 aromatic rings. The van der Waals surface area contributed by atoms with Gasteiger partial charge in [-0.1, -0.05) is 25.5 Å². The maximum absolute atomic E-state index is 12.0. The third-order valence-corrected chi connectivity index (χ3v) is 4.06. The molecule has 0 saturated carbocycles. The van der Waals surface area contributed by atoms with E-state index in [1.165, 1.54) is 5.56 Å². The number of anilines is 1. The van der Waals surface area contributed by atoms with Crippen molar-refractivity contribution in [1.82, 2.24) is 5.32 Å². The van der Waals surface area contributed by atoms with Crippen LogP contribution >= 0.6 is 11.8 Å². The lowest BCUT2D eigenvalue weighted by molar-refractivity contribution is -0.117. The Bertz CT molecular complexity index is 385. The molecule has 1 aromatic carbocycles. The summed E-state index contributed by atoms with van der Waals surface area (Å²) in [4.78, 5) is 12.0. The summed E-state index contributed by atoms with van der Waals surface area (Å²) in [5.74, 6) is 2.03. The van der Waals surface area contributed by atoms with Gasteiger partial charge in [-0.15, -0.1) is 0 Å². The molecular formula is C14H20N2OS. The number of amides is 1. The molecule has 2 rings (SSSR count). The maximum Gasteiger partial charge on any atom is 0.242 e. The highest BCUT2D eigenvalue weighted by Crippen LogP contribution is 2.13. The van der Waals surface area contributed by atoms with Crippen LogP contribution in [0.2, 0.25) is 0 Å². The highest BCUT2D eigenvalue weighted by molar-refractivity contribution is 7.99. The molecule has 1 fully saturated rings. The van der Waals surface area contributed by atoms with E-state index in [1.807, 2.05) is 23.9 Å². The number of hydrogen-bond acceptors (Lipinski definition) is 3. The molecule has 1 amide bonds. The molecule has 1 aliphatic rings. The Morgan fingerprint density at radius 3 is 2.83 bits per heavy atom. The first-order valence-corrected chi connectivity index (χ1v) is 7.66. The Morgan fingerprint density at radius 2 is 2.22 bits per heavy atom. The van der Waals surface area contributed by atoms with Crippen LogP contribution in [0, 0.1) is 0 Å². The fourth-order valence-corrected chi connectivity index (χ4v) is 2.94. The topological polar surface area (TPSA) is 41.1 Å². The van der Waals surface area contributed by atoms with Gasteiger partial charge < -0.3 is 10.6 Å². The summed E-state index contributed by atoms with van der Waals surface area (Å²) < 4.78 is 0. The average molecular weight is 264 g/mol. The lowest BCUT2D eigenvalue weighted by Crippen LogP contribution is -2.46. The van der Waals surface area contributed by atoms with Crippen molar-refractivity contribution >= 4 is 23.4 Å². The van der Waals surface area contributed by atoms with E-state index in [0.717, 1.165) is 36.6 Å². The molecular weight excluding hydrogens is 244 g/mol. The quantitative estimate of drug-likeness (QED) is 0.876. The van der Waals surface area contributed by atoms with Gasteiger partial charge >= 0.3 is 0 Å². The number of aryl methyl sites for hydroxylation is 1. The van der Waals surface area contributed by atoms with Gasteiger partial charge in [0.1, 0.15) is 0 Å². The van der Waals surface area contributed by atoms with Crippen LogP contribution in [0.4, 0.5) is 5.69 Å². The minimum atomic E-state index is -0.0564. The molecule has 0 bridgehead atoms. The third kappa shape index (κ3) is 3.75. The minimum absolute atomic E-state index is 0.0564. The van der Waals surface area contributed by atoms with Gasteiger partial charge in [0.2, 0.25) is 5.91 Å². The van der Waals surface area contributed by atoms with Gasteiger partial charge in [-0.2, -0.15) is 11.8 Å². The second-order valence-corrected chi connectivity index (χ2v) is 5.67. The summed E-state index contributed by atoms with van der Waals surface area (Å²) in [5, 5.41) is 6.20. The number of rotatable bonds is 4. The van der Waals surface area contributed by atoms with E-state index < -0.39 is 0 Å². The molecule has 0 spiro atoms. The number of thioether (sulfide) groups is 1. The Hall–Kier alpha value is -1.00. The van der Waals surface area contributed by atoms with E-state index in [4.69, 9.17) is 0 Å². The maximum atomic E-state index is 12.0.